The summed E-state index contributed by atoms with van der Waals surface area (Å²) in [6.07, 6.45) is 7.62. The third-order valence-corrected chi connectivity index (χ3v) is 1.81. The predicted octanol–water partition coefficient (Wildman–Crippen LogP) is 4.06. The molecule has 0 unspecified atom stereocenters. The molecule has 0 aliphatic carbocycles. The van der Waals surface area contributed by atoms with Gasteiger partial charge in [0.1, 0.15) is 0 Å². The van der Waals surface area contributed by atoms with Gasteiger partial charge in [-0.3, -0.25) is 0 Å². The molecule has 0 aliphatic heterocycles. The van der Waals surface area contributed by atoms with Crippen LogP contribution in [0.5, 0.6) is 0 Å². The van der Waals surface area contributed by atoms with Crippen molar-refractivity contribution >= 4 is 6.08 Å². The van der Waals surface area contributed by atoms with Crippen molar-refractivity contribution in [1.82, 2.24) is 0 Å². The van der Waals surface area contributed by atoms with E-state index in [1.165, 1.54) is 11.1 Å². The molecule has 0 radical (unpaired) electrons. The zero-order valence-corrected chi connectivity index (χ0v) is 8.33. The summed E-state index contributed by atoms with van der Waals surface area (Å²) in [4.78, 5) is 0. The van der Waals surface area contributed by atoms with Crippen molar-refractivity contribution in [3.8, 4) is 0 Å². The van der Waals surface area contributed by atoms with E-state index in [-0.39, 0.29) is 0 Å². The fourth-order valence-electron chi connectivity index (χ4n) is 1.16. The van der Waals surface area contributed by atoms with Gasteiger partial charge in [-0.25, -0.2) is 0 Å². The zero-order valence-electron chi connectivity index (χ0n) is 8.33. The van der Waals surface area contributed by atoms with Gasteiger partial charge < -0.3 is 0 Å². The Kier molecular flexibility index (Phi) is 4.04. The molecule has 1 aromatic rings. The first-order chi connectivity index (χ1) is 6.33. The summed E-state index contributed by atoms with van der Waals surface area (Å²) >= 11 is 0. The molecule has 68 valence electrons. The Hall–Kier alpha value is -1.30. The maximum absolute atomic E-state index is 2.19. The average Bonchev–Trinajstić information content (AvgIpc) is 2.16. The lowest BCUT2D eigenvalue weighted by atomic mass is 10.1. The highest BCUT2D eigenvalue weighted by Gasteiger charge is 1.85. The van der Waals surface area contributed by atoms with Crippen LogP contribution in [0.3, 0.4) is 0 Å². The lowest BCUT2D eigenvalue weighted by molar-refractivity contribution is 1.22. The molecule has 0 heterocycles. The van der Waals surface area contributed by atoms with Crippen LogP contribution in [0, 0.1) is 0 Å². The minimum atomic E-state index is 1.10. The van der Waals surface area contributed by atoms with Crippen LogP contribution >= 0.6 is 0 Å². The fourth-order valence-corrected chi connectivity index (χ4v) is 1.16. The Balaban J connectivity index is 2.71. The van der Waals surface area contributed by atoms with E-state index in [1.807, 2.05) is 6.07 Å². The van der Waals surface area contributed by atoms with Crippen molar-refractivity contribution < 1.29 is 0 Å². The highest BCUT2D eigenvalue weighted by Crippen LogP contribution is 2.06. The molecular formula is C13H16. The lowest BCUT2D eigenvalue weighted by Crippen LogP contribution is -1.72. The maximum atomic E-state index is 2.19. The van der Waals surface area contributed by atoms with Gasteiger partial charge in [0.25, 0.3) is 0 Å². The zero-order chi connectivity index (χ0) is 9.52. The highest BCUT2D eigenvalue weighted by molar-refractivity contribution is 5.54. The van der Waals surface area contributed by atoms with Gasteiger partial charge in [-0.15, -0.1) is 0 Å². The van der Waals surface area contributed by atoms with Crippen molar-refractivity contribution in [3.05, 3.63) is 53.6 Å². The third-order valence-electron chi connectivity index (χ3n) is 1.81. The molecule has 0 saturated heterocycles. The summed E-state index contributed by atoms with van der Waals surface area (Å²) in [5.74, 6) is 0. The number of allylic oxidation sites excluding steroid dienone is 3. The number of hydrogen-bond acceptors (Lipinski definition) is 0. The summed E-state index contributed by atoms with van der Waals surface area (Å²) in [6.45, 7) is 4.27. The number of hydrogen-bond donors (Lipinski definition) is 0. The Labute approximate surface area is 80.6 Å². The van der Waals surface area contributed by atoms with Gasteiger partial charge in [0.05, 0.1) is 0 Å². The van der Waals surface area contributed by atoms with Crippen LogP contribution in [-0.2, 0) is 0 Å². The molecule has 0 bridgehead atoms. The summed E-state index contributed by atoms with van der Waals surface area (Å²) < 4.78 is 0. The van der Waals surface area contributed by atoms with Crippen LogP contribution in [0.15, 0.2) is 48.1 Å². The van der Waals surface area contributed by atoms with Gasteiger partial charge in [-0.05, 0) is 18.9 Å². The molecule has 13 heavy (non-hydrogen) atoms. The van der Waals surface area contributed by atoms with Crippen LogP contribution in [-0.4, -0.2) is 0 Å². The van der Waals surface area contributed by atoms with Crippen molar-refractivity contribution in [3.63, 3.8) is 0 Å². The van der Waals surface area contributed by atoms with E-state index >= 15 is 0 Å². The summed E-state index contributed by atoms with van der Waals surface area (Å²) in [6, 6.07) is 10.4. The largest absolute Gasteiger partial charge is 0.0845 e. The van der Waals surface area contributed by atoms with Crippen LogP contribution in [0.4, 0.5) is 0 Å². The van der Waals surface area contributed by atoms with Crippen LogP contribution in [0.1, 0.15) is 25.8 Å². The van der Waals surface area contributed by atoms with Crippen molar-refractivity contribution in [2.45, 2.75) is 20.3 Å². The molecule has 0 nitrogen and oxygen atoms in total. The topological polar surface area (TPSA) is 0 Å². The molecule has 0 spiro atoms. The third kappa shape index (κ3) is 3.75. The highest BCUT2D eigenvalue weighted by atomic mass is 13.9. The predicted molar refractivity (Wildman–Crippen MR) is 59.5 cm³/mol. The number of rotatable bonds is 3. The second kappa shape index (κ2) is 5.36. The molecule has 1 rings (SSSR count). The van der Waals surface area contributed by atoms with Crippen molar-refractivity contribution in [1.29, 1.82) is 0 Å². The van der Waals surface area contributed by atoms with Gasteiger partial charge in [0.2, 0.25) is 0 Å². The normalized spacial score (nSPS) is 12.3. The van der Waals surface area contributed by atoms with E-state index < -0.39 is 0 Å². The van der Waals surface area contributed by atoms with Crippen LogP contribution < -0.4 is 0 Å². The van der Waals surface area contributed by atoms with E-state index in [1.54, 1.807) is 0 Å². The first-order valence-electron chi connectivity index (χ1n) is 4.73. The van der Waals surface area contributed by atoms with Crippen LogP contribution in [0.25, 0.3) is 6.08 Å². The minimum Gasteiger partial charge on any atom is -0.0845 e. The van der Waals surface area contributed by atoms with E-state index in [0.29, 0.717) is 0 Å². The summed E-state index contributed by atoms with van der Waals surface area (Å²) in [5, 5.41) is 0. The van der Waals surface area contributed by atoms with Gasteiger partial charge >= 0.3 is 0 Å². The van der Waals surface area contributed by atoms with Gasteiger partial charge in [-0.2, -0.15) is 0 Å². The Bertz CT molecular complexity index is 291. The Morgan fingerprint density at radius 3 is 2.54 bits per heavy atom. The fraction of sp³-hybridized carbons (Fsp3) is 0.231. The van der Waals surface area contributed by atoms with Crippen molar-refractivity contribution in [2.24, 2.45) is 0 Å². The second-order valence-electron chi connectivity index (χ2n) is 3.11. The quantitative estimate of drug-likeness (QED) is 0.603. The van der Waals surface area contributed by atoms with E-state index in [2.05, 4.69) is 56.3 Å². The second-order valence-corrected chi connectivity index (χ2v) is 3.11. The van der Waals surface area contributed by atoms with E-state index in [9.17, 15) is 0 Å². The first kappa shape index (κ1) is 9.79. The molecule has 1 aromatic carbocycles. The van der Waals surface area contributed by atoms with E-state index in [0.717, 1.165) is 6.42 Å². The summed E-state index contributed by atoms with van der Waals surface area (Å²) in [7, 11) is 0. The monoisotopic (exact) mass is 172 g/mol. The average molecular weight is 172 g/mol. The molecular weight excluding hydrogens is 156 g/mol. The molecule has 0 fully saturated rings. The minimum absolute atomic E-state index is 1.10. The van der Waals surface area contributed by atoms with Gasteiger partial charge in [-0.1, -0.05) is 61.1 Å². The van der Waals surface area contributed by atoms with Gasteiger partial charge in [0.15, 0.2) is 0 Å². The molecule has 0 aliphatic rings. The molecule has 0 atom stereocenters. The Morgan fingerprint density at radius 2 is 1.92 bits per heavy atom. The molecule has 0 amide bonds. The van der Waals surface area contributed by atoms with Crippen LogP contribution in [0.2, 0.25) is 0 Å². The molecule has 0 saturated carbocycles. The summed E-state index contributed by atoms with van der Waals surface area (Å²) in [5.41, 5.74) is 2.56. The first-order valence-corrected chi connectivity index (χ1v) is 4.73. The standard InChI is InChI=1S/C13H16/c1-3-4-8-12(2)11-13-9-6-5-7-10-13/h4-11H,3H2,1-2H3. The molecule has 0 aromatic heterocycles. The molecule has 0 heteroatoms. The lowest BCUT2D eigenvalue weighted by Gasteiger charge is -1.93. The SMILES string of the molecule is CCC=CC(C)=Cc1ccccc1. The van der Waals surface area contributed by atoms with Gasteiger partial charge in [0, 0.05) is 0 Å². The number of benzene rings is 1. The smallest absolute Gasteiger partial charge is 0.0254 e. The van der Waals surface area contributed by atoms with Crippen molar-refractivity contribution in [2.75, 3.05) is 0 Å². The van der Waals surface area contributed by atoms with E-state index in [4.69, 9.17) is 0 Å². The Morgan fingerprint density at radius 1 is 1.23 bits per heavy atom. The maximum Gasteiger partial charge on any atom is -0.0254 e. The molecule has 0 N–H and O–H groups in total.